The lowest BCUT2D eigenvalue weighted by Crippen LogP contribution is -2.16. The number of nitrogens with one attached hydrogen (secondary N) is 1. The number of aromatic nitrogens is 6. The molecule has 1 aliphatic rings. The summed E-state index contributed by atoms with van der Waals surface area (Å²) >= 11 is 2.24. The van der Waals surface area contributed by atoms with Crippen molar-refractivity contribution >= 4 is 28.4 Å². The van der Waals surface area contributed by atoms with E-state index in [-0.39, 0.29) is 5.41 Å². The zero-order chi connectivity index (χ0) is 19.0. The summed E-state index contributed by atoms with van der Waals surface area (Å²) in [6.45, 7) is 4.81. The summed E-state index contributed by atoms with van der Waals surface area (Å²) in [6, 6.07) is 1.83. The highest BCUT2D eigenvalue weighted by molar-refractivity contribution is 14.1. The smallest absolute Gasteiger partial charge is 0.212 e. The minimum absolute atomic E-state index is 0.139. The Morgan fingerprint density at radius 1 is 1.26 bits per heavy atom. The second-order valence-electron chi connectivity index (χ2n) is 6.70. The molecule has 27 heavy (non-hydrogen) atoms. The fraction of sp³-hybridized carbons (Fsp3) is 0.278. The first kappa shape index (κ1) is 17.8. The SMILES string of the molecule is COc1cc(-c2ncc3c(n2)N/C(=C\I)C3(C)C)nn1Cc1cncnc1. The van der Waals surface area contributed by atoms with Gasteiger partial charge in [0.2, 0.25) is 5.88 Å². The average molecular weight is 475 g/mol. The number of hydrogen-bond acceptors (Lipinski definition) is 7. The molecule has 0 fully saturated rings. The predicted molar refractivity (Wildman–Crippen MR) is 110 cm³/mol. The second-order valence-corrected chi connectivity index (χ2v) is 7.33. The highest BCUT2D eigenvalue weighted by Crippen LogP contribution is 2.42. The molecule has 3 aromatic rings. The number of fused-ring (bicyclic) bond motifs is 1. The zero-order valence-electron chi connectivity index (χ0n) is 15.1. The van der Waals surface area contributed by atoms with Crippen molar-refractivity contribution in [1.29, 1.82) is 0 Å². The number of nitrogens with zero attached hydrogens (tertiary/aromatic N) is 6. The molecule has 0 aromatic carbocycles. The van der Waals surface area contributed by atoms with Crippen LogP contribution in [-0.4, -0.2) is 36.8 Å². The highest BCUT2D eigenvalue weighted by atomic mass is 127. The fourth-order valence-electron chi connectivity index (χ4n) is 3.02. The summed E-state index contributed by atoms with van der Waals surface area (Å²) in [5.74, 6) is 1.99. The largest absolute Gasteiger partial charge is 0.481 e. The summed E-state index contributed by atoms with van der Waals surface area (Å²) in [5.41, 5.74) is 3.62. The highest BCUT2D eigenvalue weighted by Gasteiger charge is 2.36. The van der Waals surface area contributed by atoms with Gasteiger partial charge in [-0.1, -0.05) is 36.4 Å². The molecular weight excluding hydrogens is 457 g/mol. The molecule has 0 saturated heterocycles. The summed E-state index contributed by atoms with van der Waals surface area (Å²) in [6.07, 6.45) is 6.88. The van der Waals surface area contributed by atoms with Crippen LogP contribution in [0.15, 0.2) is 40.8 Å². The van der Waals surface area contributed by atoms with Crippen molar-refractivity contribution in [3.8, 4) is 17.4 Å². The minimum atomic E-state index is -0.139. The van der Waals surface area contributed by atoms with Crippen molar-refractivity contribution in [1.82, 2.24) is 29.7 Å². The molecule has 1 N–H and O–H groups in total. The van der Waals surface area contributed by atoms with Crippen LogP contribution in [0.2, 0.25) is 0 Å². The van der Waals surface area contributed by atoms with Crippen LogP contribution in [0.4, 0.5) is 5.82 Å². The Labute approximate surface area is 170 Å². The van der Waals surface area contributed by atoms with E-state index in [4.69, 9.17) is 9.72 Å². The molecule has 0 bridgehead atoms. The van der Waals surface area contributed by atoms with Crippen LogP contribution >= 0.6 is 22.6 Å². The molecule has 0 amide bonds. The maximum atomic E-state index is 5.46. The molecule has 0 aliphatic carbocycles. The third-order valence-corrected chi connectivity index (χ3v) is 5.25. The predicted octanol–water partition coefficient (Wildman–Crippen LogP) is 3.17. The number of methoxy groups -OCH3 is 1. The number of hydrogen-bond donors (Lipinski definition) is 1. The molecule has 0 atom stereocenters. The zero-order valence-corrected chi connectivity index (χ0v) is 17.3. The summed E-state index contributed by atoms with van der Waals surface area (Å²) in [5, 5.41) is 7.99. The second kappa shape index (κ2) is 6.87. The molecule has 0 saturated carbocycles. The molecule has 4 heterocycles. The Balaban J connectivity index is 1.69. The van der Waals surface area contributed by atoms with E-state index in [0.29, 0.717) is 23.9 Å². The van der Waals surface area contributed by atoms with Crippen molar-refractivity contribution in [3.05, 3.63) is 51.9 Å². The molecule has 0 radical (unpaired) electrons. The van der Waals surface area contributed by atoms with Gasteiger partial charge in [-0.05, 0) is 4.08 Å². The first-order valence-corrected chi connectivity index (χ1v) is 9.59. The topological polar surface area (TPSA) is 90.6 Å². The quantitative estimate of drug-likeness (QED) is 0.580. The van der Waals surface area contributed by atoms with E-state index < -0.39 is 0 Å². The third-order valence-electron chi connectivity index (χ3n) is 4.63. The lowest BCUT2D eigenvalue weighted by Gasteiger charge is -2.18. The molecule has 1 aliphatic heterocycles. The van der Waals surface area contributed by atoms with Gasteiger partial charge < -0.3 is 10.1 Å². The van der Waals surface area contributed by atoms with Gasteiger partial charge in [0, 0.05) is 46.9 Å². The van der Waals surface area contributed by atoms with Gasteiger partial charge in [-0.15, -0.1) is 0 Å². The van der Waals surface area contributed by atoms with Crippen LogP contribution < -0.4 is 10.1 Å². The third kappa shape index (κ3) is 3.15. The lowest BCUT2D eigenvalue weighted by molar-refractivity contribution is 0.366. The van der Waals surface area contributed by atoms with Crippen LogP contribution in [0, 0.1) is 0 Å². The average Bonchev–Trinajstić information content (AvgIpc) is 3.20. The van der Waals surface area contributed by atoms with Gasteiger partial charge in [0.25, 0.3) is 0 Å². The van der Waals surface area contributed by atoms with Crippen molar-refractivity contribution in [2.75, 3.05) is 12.4 Å². The van der Waals surface area contributed by atoms with E-state index in [9.17, 15) is 0 Å². The van der Waals surface area contributed by atoms with Crippen molar-refractivity contribution < 1.29 is 4.74 Å². The number of allylic oxidation sites excluding steroid dienone is 1. The number of ether oxygens (including phenoxy) is 1. The first-order chi connectivity index (χ1) is 13.0. The van der Waals surface area contributed by atoms with Gasteiger partial charge in [0.1, 0.15) is 17.8 Å². The van der Waals surface area contributed by atoms with Crippen LogP contribution in [-0.2, 0) is 12.0 Å². The molecule has 4 rings (SSSR count). The molecule has 8 nitrogen and oxygen atoms in total. The molecule has 0 unspecified atom stereocenters. The van der Waals surface area contributed by atoms with E-state index in [0.717, 1.165) is 22.6 Å². The van der Waals surface area contributed by atoms with Crippen molar-refractivity contribution in [2.45, 2.75) is 25.8 Å². The van der Waals surface area contributed by atoms with Gasteiger partial charge in [-0.3, -0.25) is 0 Å². The van der Waals surface area contributed by atoms with Gasteiger partial charge in [0.15, 0.2) is 5.82 Å². The summed E-state index contributed by atoms with van der Waals surface area (Å²) < 4.78 is 9.25. The van der Waals surface area contributed by atoms with E-state index >= 15 is 0 Å². The standard InChI is InChI=1S/C18H18IN7O/c1-18(2)12-8-22-17(24-16(12)23-14(18)5-19)13-4-15(27-3)26(25-13)9-11-6-20-10-21-7-11/h4-8,10H,9H2,1-3H3,(H,22,23,24)/b14-5-. The normalized spacial score (nSPS) is 16.2. The van der Waals surface area contributed by atoms with E-state index in [1.807, 2.05) is 16.3 Å². The van der Waals surface area contributed by atoms with E-state index in [2.05, 4.69) is 61.8 Å². The lowest BCUT2D eigenvalue weighted by atomic mass is 9.86. The van der Waals surface area contributed by atoms with Gasteiger partial charge in [0.05, 0.1) is 13.7 Å². The summed E-state index contributed by atoms with van der Waals surface area (Å²) in [4.78, 5) is 17.3. The molecule has 138 valence electrons. The van der Waals surface area contributed by atoms with Crippen LogP contribution in [0.1, 0.15) is 25.0 Å². The van der Waals surface area contributed by atoms with Crippen LogP contribution in [0.3, 0.4) is 0 Å². The number of anilines is 1. The molecule has 3 aromatic heterocycles. The fourth-order valence-corrected chi connectivity index (χ4v) is 3.96. The molecular formula is C18H18IN7O. The Morgan fingerprint density at radius 3 is 2.74 bits per heavy atom. The minimum Gasteiger partial charge on any atom is -0.481 e. The number of rotatable bonds is 4. The van der Waals surface area contributed by atoms with Gasteiger partial charge >= 0.3 is 0 Å². The number of halogens is 1. The Bertz CT molecular complexity index is 1010. The van der Waals surface area contributed by atoms with Gasteiger partial charge in [-0.2, -0.15) is 5.10 Å². The Morgan fingerprint density at radius 2 is 2.04 bits per heavy atom. The maximum Gasteiger partial charge on any atom is 0.212 e. The Hall–Kier alpha value is -2.56. The van der Waals surface area contributed by atoms with Gasteiger partial charge in [-0.25, -0.2) is 24.6 Å². The van der Waals surface area contributed by atoms with Crippen molar-refractivity contribution in [3.63, 3.8) is 0 Å². The van der Waals surface area contributed by atoms with E-state index in [1.54, 1.807) is 24.2 Å². The van der Waals surface area contributed by atoms with Crippen molar-refractivity contribution in [2.24, 2.45) is 0 Å². The summed E-state index contributed by atoms with van der Waals surface area (Å²) in [7, 11) is 1.61. The maximum absolute atomic E-state index is 5.46. The first-order valence-electron chi connectivity index (χ1n) is 8.34. The molecule has 0 spiro atoms. The van der Waals surface area contributed by atoms with E-state index in [1.165, 1.54) is 6.33 Å². The Kier molecular flexibility index (Phi) is 4.54. The monoisotopic (exact) mass is 475 g/mol. The molecule has 9 heteroatoms. The van der Waals surface area contributed by atoms with Crippen LogP contribution in [0.5, 0.6) is 5.88 Å². The van der Waals surface area contributed by atoms with Crippen LogP contribution in [0.25, 0.3) is 11.5 Å².